The molecule has 0 atom stereocenters. The van der Waals surface area contributed by atoms with Crippen LogP contribution in [0.1, 0.15) is 33.4 Å². The van der Waals surface area contributed by atoms with Gasteiger partial charge >= 0.3 is 0 Å². The van der Waals surface area contributed by atoms with Gasteiger partial charge < -0.3 is 18.9 Å². The van der Waals surface area contributed by atoms with Crippen molar-refractivity contribution in [2.75, 3.05) is 40.3 Å². The van der Waals surface area contributed by atoms with E-state index in [9.17, 15) is 0 Å². The maximum Gasteiger partial charge on any atom is 0.143 e. The fourth-order valence-electron chi connectivity index (χ4n) is 6.71. The quantitative estimate of drug-likeness (QED) is 0.285. The van der Waals surface area contributed by atoms with Crippen molar-refractivity contribution < 1.29 is 18.9 Å². The molecule has 226 valence electrons. The van der Waals surface area contributed by atoms with Gasteiger partial charge in [0.25, 0.3) is 0 Å². The molecule has 0 N–H and O–H groups in total. The number of fused-ring (bicyclic) bond motifs is 4. The van der Waals surface area contributed by atoms with Gasteiger partial charge in [0.15, 0.2) is 0 Å². The zero-order valence-electron chi connectivity index (χ0n) is 25.4. The van der Waals surface area contributed by atoms with Gasteiger partial charge in [-0.3, -0.25) is 19.6 Å². The van der Waals surface area contributed by atoms with Gasteiger partial charge in [-0.2, -0.15) is 0 Å². The number of benzene rings is 4. The molecule has 44 heavy (non-hydrogen) atoms. The van der Waals surface area contributed by atoms with Crippen molar-refractivity contribution in [3.8, 4) is 34.1 Å². The Labute approximate surface area is 258 Å². The van der Waals surface area contributed by atoms with Crippen LogP contribution in [0.4, 0.5) is 0 Å². The second-order valence-electron chi connectivity index (χ2n) is 12.6. The Hall–Kier alpha value is -4.08. The Bertz CT molecular complexity index is 1580. The van der Waals surface area contributed by atoms with Crippen LogP contribution in [0.25, 0.3) is 11.1 Å². The molecule has 4 heterocycles. The minimum absolute atomic E-state index is 0.572. The van der Waals surface area contributed by atoms with Crippen LogP contribution in [0.2, 0.25) is 0 Å². The third kappa shape index (κ3) is 5.62. The lowest BCUT2D eigenvalue weighted by molar-refractivity contribution is -0.00351. The summed E-state index contributed by atoms with van der Waals surface area (Å²) in [7, 11) is 0. The van der Waals surface area contributed by atoms with Crippen molar-refractivity contribution in [3.63, 3.8) is 0 Å². The highest BCUT2D eigenvalue weighted by Gasteiger charge is 2.26. The van der Waals surface area contributed by atoms with Crippen LogP contribution in [-0.2, 0) is 26.2 Å². The molecule has 0 radical (unpaired) electrons. The second-order valence-corrected chi connectivity index (χ2v) is 12.6. The molecule has 0 aromatic heterocycles. The second kappa shape index (κ2) is 11.4. The highest BCUT2D eigenvalue weighted by molar-refractivity contribution is 5.68. The number of hydrogen-bond donors (Lipinski definition) is 0. The molecule has 4 aliphatic heterocycles. The molecule has 0 fully saturated rings. The number of aryl methyl sites for hydroxylation is 2. The fraction of sp³-hybridized carbons (Fsp3) is 0.333. The molecule has 0 bridgehead atoms. The lowest BCUT2D eigenvalue weighted by Gasteiger charge is -2.36. The average Bonchev–Trinajstić information content (AvgIpc) is 3.03. The Morgan fingerprint density at radius 2 is 0.750 bits per heavy atom. The van der Waals surface area contributed by atoms with E-state index in [1.165, 1.54) is 44.5 Å². The summed E-state index contributed by atoms with van der Waals surface area (Å²) >= 11 is 0. The summed E-state index contributed by atoms with van der Waals surface area (Å²) in [6, 6.07) is 25.9. The summed E-state index contributed by atoms with van der Waals surface area (Å²) in [6.45, 7) is 11.6. The van der Waals surface area contributed by atoms with E-state index in [1.54, 1.807) is 0 Å². The Morgan fingerprint density at radius 3 is 1.11 bits per heavy atom. The first-order chi connectivity index (χ1) is 21.5. The molecule has 4 aromatic rings. The SMILES string of the molecule is Cc1ccc2c(c1)CN(CN1COc3ccc(-c4ccc5c(c4)CN(CN4COc6ccc(C)cc6C4)CO5)cc3C1)CO2. The van der Waals surface area contributed by atoms with Gasteiger partial charge in [-0.25, -0.2) is 0 Å². The number of ether oxygens (including phenoxy) is 4. The van der Waals surface area contributed by atoms with Crippen molar-refractivity contribution in [1.29, 1.82) is 0 Å². The molecule has 0 aliphatic carbocycles. The smallest absolute Gasteiger partial charge is 0.143 e. The monoisotopic (exact) mass is 590 g/mol. The van der Waals surface area contributed by atoms with E-state index in [2.05, 4.69) is 106 Å². The summed E-state index contributed by atoms with van der Waals surface area (Å²) in [5.74, 6) is 3.93. The van der Waals surface area contributed by atoms with E-state index < -0.39 is 0 Å². The first-order valence-corrected chi connectivity index (χ1v) is 15.4. The molecule has 0 saturated carbocycles. The number of rotatable bonds is 5. The molecule has 8 nitrogen and oxygen atoms in total. The molecule has 0 amide bonds. The van der Waals surface area contributed by atoms with Crippen LogP contribution in [-0.4, -0.2) is 59.9 Å². The van der Waals surface area contributed by atoms with Crippen molar-refractivity contribution >= 4 is 0 Å². The third-order valence-corrected chi connectivity index (χ3v) is 8.87. The van der Waals surface area contributed by atoms with E-state index in [1.807, 2.05) is 0 Å². The van der Waals surface area contributed by atoms with Gasteiger partial charge in [-0.1, -0.05) is 47.5 Å². The van der Waals surface area contributed by atoms with Crippen molar-refractivity contribution in [3.05, 3.63) is 106 Å². The fourth-order valence-corrected chi connectivity index (χ4v) is 6.71. The van der Waals surface area contributed by atoms with E-state index in [-0.39, 0.29) is 0 Å². The van der Waals surface area contributed by atoms with Gasteiger partial charge in [-0.05, 0) is 61.4 Å². The Morgan fingerprint density at radius 1 is 0.432 bits per heavy atom. The van der Waals surface area contributed by atoms with E-state index >= 15 is 0 Å². The molecular formula is C36H38N4O4. The summed E-state index contributed by atoms with van der Waals surface area (Å²) in [6.07, 6.45) is 0. The zero-order valence-corrected chi connectivity index (χ0v) is 25.4. The zero-order chi connectivity index (χ0) is 29.6. The largest absolute Gasteiger partial charge is 0.478 e. The van der Waals surface area contributed by atoms with Crippen molar-refractivity contribution in [2.24, 2.45) is 0 Å². The maximum absolute atomic E-state index is 6.18. The molecular weight excluding hydrogens is 552 g/mol. The topological polar surface area (TPSA) is 49.9 Å². The van der Waals surface area contributed by atoms with E-state index in [4.69, 9.17) is 18.9 Å². The molecule has 8 heteroatoms. The van der Waals surface area contributed by atoms with Crippen LogP contribution in [0.3, 0.4) is 0 Å². The van der Waals surface area contributed by atoms with Gasteiger partial charge in [0.05, 0.1) is 13.3 Å². The molecule has 4 aliphatic rings. The number of hydrogen-bond acceptors (Lipinski definition) is 8. The molecule has 0 spiro atoms. The highest BCUT2D eigenvalue weighted by atomic mass is 16.5. The van der Waals surface area contributed by atoms with Gasteiger partial charge in [0.1, 0.15) is 49.9 Å². The van der Waals surface area contributed by atoms with Crippen LogP contribution < -0.4 is 18.9 Å². The maximum atomic E-state index is 6.18. The van der Waals surface area contributed by atoms with Crippen molar-refractivity contribution in [1.82, 2.24) is 19.6 Å². The third-order valence-electron chi connectivity index (χ3n) is 8.87. The molecule has 0 unspecified atom stereocenters. The lowest BCUT2D eigenvalue weighted by atomic mass is 9.99. The predicted molar refractivity (Wildman–Crippen MR) is 168 cm³/mol. The van der Waals surface area contributed by atoms with Crippen molar-refractivity contribution in [2.45, 2.75) is 40.0 Å². The highest BCUT2D eigenvalue weighted by Crippen LogP contribution is 2.35. The average molecular weight is 591 g/mol. The molecule has 0 saturated heterocycles. The standard InChI is InChI=1S/C36H38N4O4/c1-25-3-7-33-29(11-25)15-37(21-41-33)19-39-17-31-13-27(5-9-35(31)43-23-39)28-6-10-36-32(14-28)18-40(24-44-36)20-38-16-30-12-26(2)4-8-34(30)42-22-38/h3-14H,15-24H2,1-2H3. The normalized spacial score (nSPS) is 18.5. The van der Waals surface area contributed by atoms with Gasteiger partial charge in [0.2, 0.25) is 0 Å². The van der Waals surface area contributed by atoms with Crippen LogP contribution in [0.5, 0.6) is 23.0 Å². The van der Waals surface area contributed by atoms with E-state index in [0.717, 1.165) is 62.5 Å². The van der Waals surface area contributed by atoms with E-state index in [0.29, 0.717) is 26.9 Å². The van der Waals surface area contributed by atoms with Crippen LogP contribution in [0.15, 0.2) is 72.8 Å². The first-order valence-electron chi connectivity index (χ1n) is 15.4. The molecule has 4 aromatic carbocycles. The first kappa shape index (κ1) is 27.5. The predicted octanol–water partition coefficient (Wildman–Crippen LogP) is 5.89. The minimum Gasteiger partial charge on any atom is -0.478 e. The summed E-state index contributed by atoms with van der Waals surface area (Å²) in [5.41, 5.74) is 9.81. The summed E-state index contributed by atoms with van der Waals surface area (Å²) in [4.78, 5) is 9.31. The van der Waals surface area contributed by atoms with Crippen LogP contribution >= 0.6 is 0 Å². The minimum atomic E-state index is 0.572. The van der Waals surface area contributed by atoms with Crippen LogP contribution in [0, 0.1) is 13.8 Å². The molecule has 8 rings (SSSR count). The summed E-state index contributed by atoms with van der Waals surface area (Å²) < 4.78 is 24.4. The Balaban J connectivity index is 0.929. The lowest BCUT2D eigenvalue weighted by Crippen LogP contribution is -2.44. The van der Waals surface area contributed by atoms with Gasteiger partial charge in [-0.15, -0.1) is 0 Å². The Kier molecular flexibility index (Phi) is 7.15. The van der Waals surface area contributed by atoms with Gasteiger partial charge in [0, 0.05) is 48.4 Å². The summed E-state index contributed by atoms with van der Waals surface area (Å²) in [5, 5.41) is 0. The number of nitrogens with zero attached hydrogens (tertiary/aromatic N) is 4.